The molecule has 0 saturated carbocycles. The van der Waals surface area contributed by atoms with E-state index in [1.54, 1.807) is 0 Å². The summed E-state index contributed by atoms with van der Waals surface area (Å²) in [4.78, 5) is 0. The Morgan fingerprint density at radius 3 is 1.06 bits per heavy atom. The largest absolute Gasteiger partial charge is 0.415 e. The van der Waals surface area contributed by atoms with Crippen molar-refractivity contribution in [2.24, 2.45) is 0 Å². The molecule has 1 unspecified atom stereocenters. The highest BCUT2D eigenvalue weighted by Gasteiger charge is 2.56. The molecule has 0 amide bonds. The van der Waals surface area contributed by atoms with E-state index in [1.807, 2.05) is 0 Å². The summed E-state index contributed by atoms with van der Waals surface area (Å²) in [6.07, 6.45) is -6.96. The highest BCUT2D eigenvalue weighted by Crippen LogP contribution is 2.38. The number of aliphatic hydroxyl groups excluding tert-OH is 1. The molecule has 2 fully saturated rings. The van der Waals surface area contributed by atoms with Gasteiger partial charge in [-0.05, 0) is 137 Å². The maximum absolute atomic E-state index is 11.7. The predicted octanol–water partition coefficient (Wildman–Crippen LogP) is 7.62. The fraction of sp³-hybridized carbons (Fsp3) is 1.00. The number of aliphatic hydroxyl groups is 1. The summed E-state index contributed by atoms with van der Waals surface area (Å²) in [6.45, 7) is 45.9. The Bertz CT molecular complexity index is 1070. The van der Waals surface area contributed by atoms with E-state index in [9.17, 15) is 5.11 Å². The second kappa shape index (κ2) is 17.7. The van der Waals surface area contributed by atoms with Crippen LogP contribution in [0.3, 0.4) is 0 Å². The average Bonchev–Trinajstić information content (AvgIpc) is 2.84. The minimum absolute atomic E-state index is 0.266. The van der Waals surface area contributed by atoms with E-state index in [1.165, 1.54) is 0 Å². The molecule has 10 atom stereocenters. The van der Waals surface area contributed by atoms with Crippen molar-refractivity contribution >= 4 is 58.2 Å². The second-order valence-electron chi connectivity index (χ2n) is 21.0. The maximum atomic E-state index is 11.7. The molecular weight excluding hydrogens is 769 g/mol. The quantitative estimate of drug-likeness (QED) is 0.138. The Balaban J connectivity index is 2.83. The highest BCUT2D eigenvalue weighted by molar-refractivity contribution is 6.72. The molecule has 2 saturated heterocycles. The van der Waals surface area contributed by atoms with Crippen molar-refractivity contribution < 1.29 is 50.3 Å². The van der Waals surface area contributed by atoms with E-state index in [-0.39, 0.29) is 6.61 Å². The third kappa shape index (κ3) is 18.3. The zero-order valence-electron chi connectivity index (χ0n) is 36.2. The van der Waals surface area contributed by atoms with E-state index >= 15 is 0 Å². The van der Waals surface area contributed by atoms with Crippen LogP contribution in [0.4, 0.5) is 0 Å². The molecule has 0 radical (unpaired) electrons. The van der Waals surface area contributed by atoms with E-state index < -0.39 is 120 Å². The van der Waals surface area contributed by atoms with Gasteiger partial charge in [0.05, 0.1) is 13.2 Å². The topological polar surface area (TPSA) is 113 Å². The molecule has 51 heavy (non-hydrogen) atoms. The molecule has 0 aromatic carbocycles. The fourth-order valence-corrected chi connectivity index (χ4v) is 12.6. The molecule has 304 valence electrons. The zero-order chi connectivity index (χ0) is 39.8. The van der Waals surface area contributed by atoms with Crippen molar-refractivity contribution in [2.45, 2.75) is 199 Å². The first-order chi connectivity index (χ1) is 22.5. The minimum atomic E-state index is -2.24. The number of hydrogen-bond acceptors (Lipinski definition) is 11. The number of hydrogen-bond donors (Lipinski definition) is 1. The molecule has 1 N–H and O–H groups in total. The summed E-state index contributed by atoms with van der Waals surface area (Å²) in [7, 11) is -14.9. The molecule has 0 aromatic heterocycles. The van der Waals surface area contributed by atoms with Gasteiger partial charge < -0.3 is 50.3 Å². The van der Waals surface area contributed by atoms with Crippen molar-refractivity contribution in [3.63, 3.8) is 0 Å². The average molecular weight is 848 g/mol. The maximum Gasteiger partial charge on any atom is 0.186 e. The Morgan fingerprint density at radius 1 is 0.373 bits per heavy atom. The van der Waals surface area contributed by atoms with Gasteiger partial charge in [-0.3, -0.25) is 0 Å². The van der Waals surface area contributed by atoms with Gasteiger partial charge in [0.1, 0.15) is 48.8 Å². The Labute approximate surface area is 319 Å². The van der Waals surface area contributed by atoms with Gasteiger partial charge in [0.15, 0.2) is 70.8 Å². The molecule has 0 aromatic rings. The van der Waals surface area contributed by atoms with Crippen molar-refractivity contribution in [3.05, 3.63) is 0 Å². The first-order valence-corrected chi connectivity index (χ1v) is 42.7. The molecule has 2 heterocycles. The first kappa shape index (κ1) is 48.2. The van der Waals surface area contributed by atoms with Crippen LogP contribution in [0.25, 0.3) is 0 Å². The lowest BCUT2D eigenvalue weighted by Gasteiger charge is -2.53. The minimum Gasteiger partial charge on any atom is -0.415 e. The van der Waals surface area contributed by atoms with E-state index in [0.717, 1.165) is 0 Å². The van der Waals surface area contributed by atoms with Crippen molar-refractivity contribution in [2.75, 3.05) is 13.2 Å². The van der Waals surface area contributed by atoms with Crippen LogP contribution in [0.1, 0.15) is 0 Å². The van der Waals surface area contributed by atoms with Gasteiger partial charge in [-0.15, -0.1) is 0 Å². The van der Waals surface area contributed by atoms with Gasteiger partial charge in [0, 0.05) is 0 Å². The van der Waals surface area contributed by atoms with Crippen LogP contribution >= 0.6 is 0 Å². The van der Waals surface area contributed by atoms with Gasteiger partial charge >= 0.3 is 0 Å². The fourth-order valence-electron chi connectivity index (χ4n) is 5.84. The van der Waals surface area contributed by atoms with E-state index in [0.29, 0.717) is 6.61 Å². The van der Waals surface area contributed by atoms with Gasteiger partial charge in [0.2, 0.25) is 0 Å². The molecule has 0 spiro atoms. The smallest absolute Gasteiger partial charge is 0.186 e. The Hall–Kier alpha value is 1.08. The summed E-state index contributed by atoms with van der Waals surface area (Å²) in [5, 5.41) is 11.7. The van der Waals surface area contributed by atoms with Crippen LogP contribution in [0, 0.1) is 0 Å². The lowest BCUT2D eigenvalue weighted by molar-refractivity contribution is -0.347. The first-order valence-electron chi connectivity index (χ1n) is 18.8. The van der Waals surface area contributed by atoms with Crippen molar-refractivity contribution in [3.8, 4) is 0 Å². The van der Waals surface area contributed by atoms with Gasteiger partial charge in [-0.25, -0.2) is 0 Å². The summed E-state index contributed by atoms with van der Waals surface area (Å²) in [5.41, 5.74) is 0. The lowest BCUT2D eigenvalue weighted by Crippen LogP contribution is -2.69. The molecular formula is C33H78O11Si7. The van der Waals surface area contributed by atoms with E-state index in [4.69, 9.17) is 45.2 Å². The summed E-state index contributed by atoms with van der Waals surface area (Å²) in [6, 6.07) is 0. The van der Waals surface area contributed by atoms with Gasteiger partial charge in [-0.2, -0.15) is 0 Å². The zero-order valence-corrected chi connectivity index (χ0v) is 43.2. The van der Waals surface area contributed by atoms with E-state index in [2.05, 4.69) is 137 Å². The third-order valence-corrected chi connectivity index (χ3v) is 14.3. The normalized spacial score (nSPS) is 32.4. The Kier molecular flexibility index (Phi) is 16.7. The standard InChI is InChI=1S/C33H78O11Si7/c1-45(2,3)35-22-24-26(40-47(7,8)9)28(30(32(34)37-24)43-50(16,17)18)39-33-31(44-51(19,20)21)29(42-49(13,14)15)27(41-48(10,11)12)25(38-33)23-36-46(4,5)6/h24-34H,22-23H2,1-21H3/t24-,25-,26-,27-,28+,29+,30-,31-,32?,33-/m0/s1. The summed E-state index contributed by atoms with van der Waals surface area (Å²) >= 11 is 0. The van der Waals surface area contributed by atoms with Crippen LogP contribution in [0.2, 0.25) is 137 Å². The SMILES string of the molecule is C[Si](C)(C)OC[C@@H]1O[C@@H](O[C@@H]2[C@@H](O[Si](C)(C)C)[C@H](CO[Si](C)(C)C)OC(O)[C@H]2O[Si](C)(C)C)[C@@H](O[Si](C)(C)C)[C@H](O[Si](C)(C)C)[C@H]1O[Si](C)(C)C. The monoisotopic (exact) mass is 846 g/mol. The number of rotatable bonds is 18. The molecule has 2 rings (SSSR count). The van der Waals surface area contributed by atoms with Crippen LogP contribution in [-0.4, -0.2) is 138 Å². The predicted molar refractivity (Wildman–Crippen MR) is 224 cm³/mol. The van der Waals surface area contributed by atoms with Crippen molar-refractivity contribution in [1.82, 2.24) is 0 Å². The molecule has 18 heteroatoms. The van der Waals surface area contributed by atoms with Gasteiger partial charge in [-0.1, -0.05) is 0 Å². The molecule has 2 aliphatic heterocycles. The number of ether oxygens (including phenoxy) is 3. The molecule has 0 aliphatic carbocycles. The van der Waals surface area contributed by atoms with Crippen LogP contribution < -0.4 is 0 Å². The van der Waals surface area contributed by atoms with Crippen LogP contribution in [0.15, 0.2) is 0 Å². The third-order valence-electron chi connectivity index (χ3n) is 7.30. The molecule has 2 aliphatic rings. The summed E-state index contributed by atoms with van der Waals surface area (Å²) in [5.74, 6) is 0. The lowest BCUT2D eigenvalue weighted by atomic mass is 9.97. The second-order valence-corrected chi connectivity index (χ2v) is 52.4. The highest BCUT2D eigenvalue weighted by atomic mass is 28.4. The van der Waals surface area contributed by atoms with Crippen LogP contribution in [0.5, 0.6) is 0 Å². The van der Waals surface area contributed by atoms with Crippen molar-refractivity contribution in [1.29, 1.82) is 0 Å². The summed E-state index contributed by atoms with van der Waals surface area (Å²) < 4.78 is 68.4. The Morgan fingerprint density at radius 2 is 0.686 bits per heavy atom. The van der Waals surface area contributed by atoms with Crippen LogP contribution in [-0.2, 0) is 45.2 Å². The molecule has 11 nitrogen and oxygen atoms in total. The molecule has 0 bridgehead atoms. The van der Waals surface area contributed by atoms with Gasteiger partial charge in [0.25, 0.3) is 0 Å².